The molecule has 1 aliphatic heterocycles. The molecule has 0 saturated carbocycles. The van der Waals surface area contributed by atoms with Gasteiger partial charge in [0.15, 0.2) is 11.5 Å². The Morgan fingerprint density at radius 2 is 1.81 bits per heavy atom. The number of likely N-dealkylation sites (tertiary alicyclic amines) is 1. The van der Waals surface area contributed by atoms with Gasteiger partial charge in [-0.15, -0.1) is 10.2 Å². The molecule has 0 aliphatic carbocycles. The highest BCUT2D eigenvalue weighted by Crippen LogP contribution is 2.32. The molecule has 1 unspecified atom stereocenters. The molecule has 1 fully saturated rings. The van der Waals surface area contributed by atoms with Crippen LogP contribution >= 0.6 is 0 Å². The first-order valence-corrected chi connectivity index (χ1v) is 8.21. The van der Waals surface area contributed by atoms with Gasteiger partial charge in [-0.25, -0.2) is 0 Å². The Morgan fingerprint density at radius 3 is 2.46 bits per heavy atom. The van der Waals surface area contributed by atoms with Gasteiger partial charge in [-0.05, 0) is 12.1 Å². The van der Waals surface area contributed by atoms with Gasteiger partial charge >= 0.3 is 0 Å². The lowest BCUT2D eigenvalue weighted by Crippen LogP contribution is -2.31. The number of hydrogen-bond donors (Lipinski definition) is 0. The molecular formula is C18H21N3O5. The van der Waals surface area contributed by atoms with Crippen molar-refractivity contribution in [3.63, 3.8) is 0 Å². The third-order valence-corrected chi connectivity index (χ3v) is 4.18. The second-order valence-electron chi connectivity index (χ2n) is 5.73. The van der Waals surface area contributed by atoms with E-state index >= 15 is 0 Å². The van der Waals surface area contributed by atoms with E-state index in [1.807, 2.05) is 0 Å². The van der Waals surface area contributed by atoms with Gasteiger partial charge in [0.05, 0.1) is 33.4 Å². The Bertz CT molecular complexity index is 766. The van der Waals surface area contributed by atoms with Crippen molar-refractivity contribution in [3.05, 3.63) is 35.9 Å². The molecule has 138 valence electrons. The van der Waals surface area contributed by atoms with E-state index < -0.39 is 0 Å². The second-order valence-corrected chi connectivity index (χ2v) is 5.73. The fourth-order valence-electron chi connectivity index (χ4n) is 2.89. The number of ether oxygens (including phenoxy) is 4. The molecule has 2 heterocycles. The summed E-state index contributed by atoms with van der Waals surface area (Å²) in [4.78, 5) is 14.6. The zero-order valence-corrected chi connectivity index (χ0v) is 15.0. The maximum Gasteiger partial charge on any atom is 0.257 e. The molecule has 1 amide bonds. The van der Waals surface area contributed by atoms with E-state index in [1.54, 1.807) is 42.3 Å². The SMILES string of the molecule is COc1ccc(OC2CCN(C(=O)c3cccc(OC)c3OC)C2)nn1. The van der Waals surface area contributed by atoms with Crippen molar-refractivity contribution in [2.45, 2.75) is 12.5 Å². The van der Waals surface area contributed by atoms with Crippen molar-refractivity contribution in [1.29, 1.82) is 0 Å². The molecule has 0 N–H and O–H groups in total. The fraction of sp³-hybridized carbons (Fsp3) is 0.389. The van der Waals surface area contributed by atoms with Gasteiger partial charge in [0.1, 0.15) is 6.10 Å². The van der Waals surface area contributed by atoms with E-state index in [1.165, 1.54) is 14.2 Å². The molecule has 2 aromatic rings. The molecular weight excluding hydrogens is 338 g/mol. The second kappa shape index (κ2) is 7.90. The first kappa shape index (κ1) is 17.8. The quantitative estimate of drug-likeness (QED) is 0.777. The summed E-state index contributed by atoms with van der Waals surface area (Å²) in [6.45, 7) is 1.06. The van der Waals surface area contributed by atoms with E-state index in [2.05, 4.69) is 10.2 Å². The van der Waals surface area contributed by atoms with E-state index in [0.717, 1.165) is 0 Å². The first-order chi connectivity index (χ1) is 12.7. The van der Waals surface area contributed by atoms with Gasteiger partial charge in [0.25, 0.3) is 5.91 Å². The lowest BCUT2D eigenvalue weighted by molar-refractivity contribution is 0.0767. The summed E-state index contributed by atoms with van der Waals surface area (Å²) in [5, 5.41) is 7.83. The normalized spacial score (nSPS) is 16.3. The summed E-state index contributed by atoms with van der Waals surface area (Å²) < 4.78 is 21.4. The Morgan fingerprint density at radius 1 is 1.04 bits per heavy atom. The monoisotopic (exact) mass is 359 g/mol. The number of amides is 1. The molecule has 1 aromatic heterocycles. The summed E-state index contributed by atoms with van der Waals surface area (Å²) in [6, 6.07) is 8.63. The van der Waals surface area contributed by atoms with Crippen LogP contribution in [0.5, 0.6) is 23.3 Å². The highest BCUT2D eigenvalue weighted by Gasteiger charge is 2.30. The van der Waals surface area contributed by atoms with Gasteiger partial charge in [-0.2, -0.15) is 0 Å². The Labute approximate surface area is 151 Å². The molecule has 1 aromatic carbocycles. The average molecular weight is 359 g/mol. The Hall–Kier alpha value is -3.03. The number of benzene rings is 1. The van der Waals surface area contributed by atoms with Crippen LogP contribution in [0.15, 0.2) is 30.3 Å². The van der Waals surface area contributed by atoms with Crippen LogP contribution in [0, 0.1) is 0 Å². The minimum absolute atomic E-state index is 0.118. The topological polar surface area (TPSA) is 83.0 Å². The Kier molecular flexibility index (Phi) is 5.40. The first-order valence-electron chi connectivity index (χ1n) is 8.21. The highest BCUT2D eigenvalue weighted by molar-refractivity contribution is 5.98. The standard InChI is InChI=1S/C18H21N3O5/c1-23-14-6-4-5-13(17(14)25-3)18(22)21-10-9-12(11-21)26-16-8-7-15(24-2)19-20-16/h4-8,12H,9-11H2,1-3H3. The smallest absolute Gasteiger partial charge is 0.257 e. The number of carbonyl (C=O) groups is 1. The van der Waals surface area contributed by atoms with Crippen LogP contribution in [0.4, 0.5) is 0 Å². The molecule has 26 heavy (non-hydrogen) atoms. The van der Waals surface area contributed by atoms with Crippen molar-refractivity contribution >= 4 is 5.91 Å². The van der Waals surface area contributed by atoms with Crippen molar-refractivity contribution in [2.75, 3.05) is 34.4 Å². The number of rotatable bonds is 6. The van der Waals surface area contributed by atoms with Crippen LogP contribution in [-0.4, -0.2) is 61.5 Å². The third kappa shape index (κ3) is 3.63. The van der Waals surface area contributed by atoms with Crippen LogP contribution in [0.25, 0.3) is 0 Å². The molecule has 8 heteroatoms. The summed E-state index contributed by atoms with van der Waals surface area (Å²) >= 11 is 0. The summed E-state index contributed by atoms with van der Waals surface area (Å²) in [5.41, 5.74) is 0.469. The number of carbonyl (C=O) groups excluding carboxylic acids is 1. The number of hydrogen-bond acceptors (Lipinski definition) is 7. The van der Waals surface area contributed by atoms with Crippen LogP contribution in [0.1, 0.15) is 16.8 Å². The van der Waals surface area contributed by atoms with Gasteiger partial charge < -0.3 is 23.8 Å². The van der Waals surface area contributed by atoms with Crippen molar-refractivity contribution < 1.29 is 23.7 Å². The average Bonchev–Trinajstić information content (AvgIpc) is 3.15. The summed E-state index contributed by atoms with van der Waals surface area (Å²) in [6.07, 6.45) is 0.574. The van der Waals surface area contributed by atoms with E-state index in [-0.39, 0.29) is 12.0 Å². The number of methoxy groups -OCH3 is 3. The lowest BCUT2D eigenvalue weighted by atomic mass is 10.1. The van der Waals surface area contributed by atoms with E-state index in [0.29, 0.717) is 48.3 Å². The molecule has 3 rings (SSSR count). The number of aromatic nitrogens is 2. The fourth-order valence-corrected chi connectivity index (χ4v) is 2.89. The minimum Gasteiger partial charge on any atom is -0.493 e. The van der Waals surface area contributed by atoms with Gasteiger partial charge in [-0.3, -0.25) is 4.79 Å². The van der Waals surface area contributed by atoms with Crippen molar-refractivity contribution in [2.24, 2.45) is 0 Å². The zero-order chi connectivity index (χ0) is 18.5. The maximum absolute atomic E-state index is 12.9. The predicted molar refractivity (Wildman–Crippen MR) is 93.1 cm³/mol. The summed E-state index contributed by atoms with van der Waals surface area (Å²) in [5.74, 6) is 1.67. The van der Waals surface area contributed by atoms with Gasteiger partial charge in [-0.1, -0.05) is 6.07 Å². The maximum atomic E-state index is 12.9. The van der Waals surface area contributed by atoms with Gasteiger partial charge in [0.2, 0.25) is 11.8 Å². The van der Waals surface area contributed by atoms with Crippen LogP contribution in [0.3, 0.4) is 0 Å². The predicted octanol–water partition coefficient (Wildman–Crippen LogP) is 1.80. The van der Waals surface area contributed by atoms with E-state index in [4.69, 9.17) is 18.9 Å². The van der Waals surface area contributed by atoms with Gasteiger partial charge in [0, 0.05) is 25.1 Å². The van der Waals surface area contributed by atoms with E-state index in [9.17, 15) is 4.79 Å². The van der Waals surface area contributed by atoms with Crippen molar-refractivity contribution in [3.8, 4) is 23.3 Å². The number of para-hydroxylation sites is 1. The molecule has 0 spiro atoms. The summed E-state index contributed by atoms with van der Waals surface area (Å²) in [7, 11) is 4.59. The highest BCUT2D eigenvalue weighted by atomic mass is 16.5. The number of nitrogens with zero attached hydrogens (tertiary/aromatic N) is 3. The molecule has 1 saturated heterocycles. The van der Waals surface area contributed by atoms with Crippen LogP contribution < -0.4 is 18.9 Å². The molecule has 1 atom stereocenters. The van der Waals surface area contributed by atoms with Crippen LogP contribution in [-0.2, 0) is 0 Å². The minimum atomic E-state index is -0.141. The molecule has 0 radical (unpaired) electrons. The molecule has 1 aliphatic rings. The lowest BCUT2D eigenvalue weighted by Gasteiger charge is -2.19. The molecule has 8 nitrogen and oxygen atoms in total. The molecule has 0 bridgehead atoms. The largest absolute Gasteiger partial charge is 0.493 e. The third-order valence-electron chi connectivity index (χ3n) is 4.18. The zero-order valence-electron chi connectivity index (χ0n) is 15.0. The Balaban J connectivity index is 1.67. The van der Waals surface area contributed by atoms with Crippen LogP contribution in [0.2, 0.25) is 0 Å². The van der Waals surface area contributed by atoms with Crippen molar-refractivity contribution in [1.82, 2.24) is 15.1 Å².